The molecule has 0 aromatic rings. The summed E-state index contributed by atoms with van der Waals surface area (Å²) in [5, 5.41) is 29.8. The van der Waals surface area contributed by atoms with Crippen molar-refractivity contribution in [3.63, 3.8) is 0 Å². The van der Waals surface area contributed by atoms with E-state index in [-0.39, 0.29) is 23.8 Å². The first-order valence-electron chi connectivity index (χ1n) is 7.34. The van der Waals surface area contributed by atoms with Gasteiger partial charge in [0.05, 0.1) is 12.0 Å². The number of aliphatic hydroxyl groups is 1. The van der Waals surface area contributed by atoms with Crippen molar-refractivity contribution in [2.75, 3.05) is 0 Å². The molecule has 1 saturated carbocycles. The highest BCUT2D eigenvalue weighted by atomic mass is 16.4. The van der Waals surface area contributed by atoms with Crippen molar-refractivity contribution >= 4 is 11.9 Å². The van der Waals surface area contributed by atoms with Crippen LogP contribution in [0.15, 0.2) is 0 Å². The molecule has 0 heterocycles. The SMILES string of the molecule is CCC(CC)C(C)[C@@H]1[C@H](O)[C@@H](C(=O)O)C[C@H]1NC(=N)N. The van der Waals surface area contributed by atoms with Gasteiger partial charge in [-0.15, -0.1) is 0 Å². The van der Waals surface area contributed by atoms with Crippen LogP contribution in [0, 0.1) is 29.1 Å². The lowest BCUT2D eigenvalue weighted by molar-refractivity contribution is -0.145. The molecule has 0 saturated heterocycles. The molecule has 0 amide bonds. The Morgan fingerprint density at radius 1 is 1.45 bits per heavy atom. The van der Waals surface area contributed by atoms with E-state index in [1.807, 2.05) is 0 Å². The highest BCUT2D eigenvalue weighted by Crippen LogP contribution is 2.41. The Kier molecular flexibility index (Phi) is 5.80. The second-order valence-electron chi connectivity index (χ2n) is 5.85. The maximum atomic E-state index is 11.2. The molecule has 0 aromatic heterocycles. The fourth-order valence-electron chi connectivity index (χ4n) is 3.70. The molecule has 0 spiro atoms. The van der Waals surface area contributed by atoms with Gasteiger partial charge in [0.15, 0.2) is 5.96 Å². The fourth-order valence-corrected chi connectivity index (χ4v) is 3.70. The van der Waals surface area contributed by atoms with Gasteiger partial charge in [-0.2, -0.15) is 0 Å². The lowest BCUT2D eigenvalue weighted by Crippen LogP contribution is -2.46. The number of guanidine groups is 1. The van der Waals surface area contributed by atoms with E-state index in [1.54, 1.807) is 0 Å². The summed E-state index contributed by atoms with van der Waals surface area (Å²) in [6.45, 7) is 6.27. The lowest BCUT2D eigenvalue weighted by atomic mass is 9.76. The van der Waals surface area contributed by atoms with Crippen molar-refractivity contribution in [1.82, 2.24) is 5.32 Å². The zero-order valence-electron chi connectivity index (χ0n) is 12.5. The topological polar surface area (TPSA) is 119 Å². The van der Waals surface area contributed by atoms with Gasteiger partial charge >= 0.3 is 5.97 Å². The molecule has 20 heavy (non-hydrogen) atoms. The predicted octanol–water partition coefficient (Wildman–Crippen LogP) is 0.992. The van der Waals surface area contributed by atoms with Crippen LogP contribution >= 0.6 is 0 Å². The van der Waals surface area contributed by atoms with Crippen molar-refractivity contribution in [3.8, 4) is 0 Å². The minimum atomic E-state index is -0.980. The van der Waals surface area contributed by atoms with Gasteiger partial charge < -0.3 is 21.3 Å². The second-order valence-corrected chi connectivity index (χ2v) is 5.85. The van der Waals surface area contributed by atoms with Crippen molar-refractivity contribution in [1.29, 1.82) is 5.41 Å². The largest absolute Gasteiger partial charge is 0.481 e. The first-order valence-corrected chi connectivity index (χ1v) is 7.34. The van der Waals surface area contributed by atoms with Crippen molar-refractivity contribution in [2.24, 2.45) is 29.4 Å². The molecule has 116 valence electrons. The fraction of sp³-hybridized carbons (Fsp3) is 0.857. The first kappa shape index (κ1) is 16.8. The summed E-state index contributed by atoms with van der Waals surface area (Å²) in [5.74, 6) is -1.51. The zero-order valence-corrected chi connectivity index (χ0v) is 12.5. The summed E-state index contributed by atoms with van der Waals surface area (Å²) in [6, 6.07) is -0.251. The van der Waals surface area contributed by atoms with Gasteiger partial charge in [-0.1, -0.05) is 33.6 Å². The van der Waals surface area contributed by atoms with Crippen molar-refractivity contribution in [3.05, 3.63) is 0 Å². The predicted molar refractivity (Wildman–Crippen MR) is 77.3 cm³/mol. The number of rotatable bonds is 6. The van der Waals surface area contributed by atoms with Gasteiger partial charge in [0.25, 0.3) is 0 Å². The van der Waals surface area contributed by atoms with E-state index in [2.05, 4.69) is 26.1 Å². The van der Waals surface area contributed by atoms with Crippen LogP contribution < -0.4 is 11.1 Å². The summed E-state index contributed by atoms with van der Waals surface area (Å²) >= 11 is 0. The number of nitrogens with one attached hydrogen (secondary N) is 2. The normalized spacial score (nSPS) is 31.2. The minimum Gasteiger partial charge on any atom is -0.481 e. The van der Waals surface area contributed by atoms with Gasteiger partial charge in [0.1, 0.15) is 0 Å². The third-order valence-corrected chi connectivity index (χ3v) is 4.84. The van der Waals surface area contributed by atoms with E-state index in [9.17, 15) is 15.0 Å². The van der Waals surface area contributed by atoms with E-state index in [0.29, 0.717) is 12.3 Å². The third kappa shape index (κ3) is 3.42. The molecule has 0 aliphatic heterocycles. The van der Waals surface area contributed by atoms with E-state index >= 15 is 0 Å². The molecule has 0 radical (unpaired) electrons. The monoisotopic (exact) mass is 285 g/mol. The Labute approximate surface area is 120 Å². The van der Waals surface area contributed by atoms with Crippen LogP contribution in [-0.2, 0) is 4.79 Å². The zero-order chi connectivity index (χ0) is 15.4. The van der Waals surface area contributed by atoms with Crippen molar-refractivity contribution in [2.45, 2.75) is 52.2 Å². The van der Waals surface area contributed by atoms with Crippen LogP contribution in [0.5, 0.6) is 0 Å². The summed E-state index contributed by atoms with van der Waals surface area (Å²) < 4.78 is 0. The summed E-state index contributed by atoms with van der Waals surface area (Å²) in [6.07, 6.45) is 1.40. The smallest absolute Gasteiger partial charge is 0.309 e. The Morgan fingerprint density at radius 3 is 2.40 bits per heavy atom. The summed E-state index contributed by atoms with van der Waals surface area (Å²) in [5.41, 5.74) is 5.39. The molecule has 1 unspecified atom stereocenters. The average molecular weight is 285 g/mol. The van der Waals surface area contributed by atoms with Crippen LogP contribution in [0.1, 0.15) is 40.0 Å². The molecule has 0 bridgehead atoms. The van der Waals surface area contributed by atoms with Crippen LogP contribution in [-0.4, -0.2) is 34.3 Å². The Morgan fingerprint density at radius 2 is 2.00 bits per heavy atom. The van der Waals surface area contributed by atoms with Gasteiger partial charge in [0, 0.05) is 12.0 Å². The van der Waals surface area contributed by atoms with E-state index in [0.717, 1.165) is 12.8 Å². The van der Waals surface area contributed by atoms with E-state index in [1.165, 1.54) is 0 Å². The molecular weight excluding hydrogens is 258 g/mol. The molecule has 1 rings (SSSR count). The van der Waals surface area contributed by atoms with Crippen LogP contribution in [0.25, 0.3) is 0 Å². The Balaban J connectivity index is 2.96. The van der Waals surface area contributed by atoms with Crippen molar-refractivity contribution < 1.29 is 15.0 Å². The van der Waals surface area contributed by atoms with Gasteiger partial charge in [-0.05, 0) is 18.3 Å². The molecule has 1 aliphatic carbocycles. The Bertz CT molecular complexity index is 358. The maximum Gasteiger partial charge on any atom is 0.309 e. The molecule has 0 aromatic carbocycles. The molecule has 5 atom stereocenters. The summed E-state index contributed by atoms with van der Waals surface area (Å²) in [7, 11) is 0. The molecule has 6 nitrogen and oxygen atoms in total. The number of aliphatic hydroxyl groups excluding tert-OH is 1. The van der Waals surface area contributed by atoms with E-state index in [4.69, 9.17) is 11.1 Å². The number of hydrogen-bond donors (Lipinski definition) is 5. The Hall–Kier alpha value is -1.30. The maximum absolute atomic E-state index is 11.2. The molecule has 1 aliphatic rings. The standard InChI is InChI=1S/C14H27N3O3/c1-4-8(5-2)7(3)11-10(17-14(15)16)6-9(12(11)18)13(19)20/h7-12,18H,4-6H2,1-3H3,(H,19,20)(H4,15,16,17)/t7?,9-,10+,11-,12+/m0/s1. The van der Waals surface area contributed by atoms with Crippen LogP contribution in [0.4, 0.5) is 0 Å². The molecule has 6 heteroatoms. The lowest BCUT2D eigenvalue weighted by Gasteiger charge is -2.33. The highest BCUT2D eigenvalue weighted by molar-refractivity contribution is 5.75. The van der Waals surface area contributed by atoms with E-state index < -0.39 is 18.0 Å². The second kappa shape index (κ2) is 6.92. The molecule has 1 fully saturated rings. The van der Waals surface area contributed by atoms with Crippen LogP contribution in [0.3, 0.4) is 0 Å². The number of carbonyl (C=O) groups is 1. The number of aliphatic carboxylic acids is 1. The number of hydrogen-bond acceptors (Lipinski definition) is 3. The summed E-state index contributed by atoms with van der Waals surface area (Å²) in [4.78, 5) is 11.2. The highest BCUT2D eigenvalue weighted by Gasteiger charge is 2.49. The van der Waals surface area contributed by atoms with Gasteiger partial charge in [-0.25, -0.2) is 0 Å². The number of nitrogens with two attached hydrogens (primary N) is 1. The van der Waals surface area contributed by atoms with Crippen LogP contribution in [0.2, 0.25) is 0 Å². The third-order valence-electron chi connectivity index (χ3n) is 4.84. The first-order chi connectivity index (χ1) is 9.33. The van der Waals surface area contributed by atoms with Gasteiger partial charge in [0.2, 0.25) is 0 Å². The quantitative estimate of drug-likeness (QED) is 0.368. The average Bonchev–Trinajstić information content (AvgIpc) is 2.66. The number of carboxylic acid groups (broad SMARTS) is 1. The molecule has 6 N–H and O–H groups in total. The molecular formula is C14H27N3O3. The van der Waals surface area contributed by atoms with Gasteiger partial charge in [-0.3, -0.25) is 10.2 Å². The minimum absolute atomic E-state index is 0.171. The number of carboxylic acids is 1.